The highest BCUT2D eigenvalue weighted by atomic mass is 32.2. The van der Waals surface area contributed by atoms with E-state index >= 15 is 0 Å². The lowest BCUT2D eigenvalue weighted by atomic mass is 9.91. The van der Waals surface area contributed by atoms with Gasteiger partial charge in [0.25, 0.3) is 0 Å². The Morgan fingerprint density at radius 2 is 1.70 bits per heavy atom. The van der Waals surface area contributed by atoms with Crippen LogP contribution in [0.5, 0.6) is 0 Å². The van der Waals surface area contributed by atoms with Crippen molar-refractivity contribution in [3.05, 3.63) is 0 Å². The average molecular weight is 406 g/mol. The Hall–Kier alpha value is -0.790. The van der Waals surface area contributed by atoms with Crippen LogP contribution in [0, 0.1) is 0 Å². The number of aliphatic carboxylic acids is 1. The van der Waals surface area contributed by atoms with Crippen LogP contribution < -0.4 is 15.7 Å². The zero-order valence-corrected chi connectivity index (χ0v) is 17.1. The average Bonchev–Trinajstić information content (AvgIpc) is 2.71. The van der Waals surface area contributed by atoms with Crippen LogP contribution in [0.4, 0.5) is 0 Å². The van der Waals surface area contributed by atoms with Gasteiger partial charge in [0.15, 0.2) is 0 Å². The topological polar surface area (TPSA) is 106 Å². The fourth-order valence-corrected chi connectivity index (χ4v) is 4.69. The normalized spacial score (nSPS) is 21.7. The summed E-state index contributed by atoms with van der Waals surface area (Å²) >= 11 is 1.19. The van der Waals surface area contributed by atoms with Crippen molar-refractivity contribution in [3.63, 3.8) is 0 Å². The third kappa shape index (κ3) is 12.3. The van der Waals surface area contributed by atoms with Gasteiger partial charge < -0.3 is 25.6 Å². The standard InChI is InChI=1S/C12H23N.C8H15NO4S/c1-3-7-11(8-4-1)13-12-9-5-2-6-10-12;1-6(11)9-7(8(12)13)5-14-4-2-3-10/h11-13H,1-10H2;7,10H,2-5H2,1H3,(H,9,11)(H,12,13)/i;1D3. The summed E-state index contributed by atoms with van der Waals surface area (Å²) in [4.78, 5) is 21.7. The molecule has 0 bridgehead atoms. The number of hydrogen-bond donors (Lipinski definition) is 3. The molecule has 0 aromatic carbocycles. The minimum absolute atomic E-state index is 0.00412. The maximum Gasteiger partial charge on any atom is 0.217 e. The van der Waals surface area contributed by atoms with Crippen LogP contribution in [0.2, 0.25) is 0 Å². The van der Waals surface area contributed by atoms with Crippen LogP contribution in [-0.4, -0.2) is 53.2 Å². The van der Waals surface area contributed by atoms with Crippen LogP contribution in [-0.2, 0) is 9.59 Å². The molecule has 1 unspecified atom stereocenters. The Morgan fingerprint density at radius 3 is 2.15 bits per heavy atom. The van der Waals surface area contributed by atoms with E-state index in [1.54, 1.807) is 0 Å². The van der Waals surface area contributed by atoms with Crippen molar-refractivity contribution in [1.29, 1.82) is 0 Å². The lowest BCUT2D eigenvalue weighted by Gasteiger charge is -2.27. The lowest BCUT2D eigenvalue weighted by Crippen LogP contribution is -2.95. The summed E-state index contributed by atoms with van der Waals surface area (Å²) < 4.78 is 20.3. The molecule has 27 heavy (non-hydrogen) atoms. The number of thioether (sulfide) groups is 1. The molecule has 2 aliphatic rings. The number of carbonyl (C=O) groups is 2. The molecule has 2 aliphatic carbocycles. The molecule has 0 heterocycles. The molecule has 6 nitrogen and oxygen atoms in total. The highest BCUT2D eigenvalue weighted by molar-refractivity contribution is 7.99. The van der Waals surface area contributed by atoms with Crippen molar-refractivity contribution in [2.75, 3.05) is 18.1 Å². The first-order chi connectivity index (χ1) is 14.2. The fourth-order valence-electron chi connectivity index (χ4n) is 3.73. The zero-order valence-electron chi connectivity index (χ0n) is 19.3. The molecule has 4 N–H and O–H groups in total. The van der Waals surface area contributed by atoms with Crippen molar-refractivity contribution in [3.8, 4) is 0 Å². The van der Waals surface area contributed by atoms with Crippen LogP contribution in [0.25, 0.3) is 0 Å². The minimum Gasteiger partial charge on any atom is -0.548 e. The van der Waals surface area contributed by atoms with Gasteiger partial charge in [0.05, 0.1) is 24.1 Å². The van der Waals surface area contributed by atoms with E-state index in [-0.39, 0.29) is 12.4 Å². The Morgan fingerprint density at radius 1 is 1.15 bits per heavy atom. The quantitative estimate of drug-likeness (QED) is 0.486. The predicted octanol–water partition coefficient (Wildman–Crippen LogP) is 0.572. The molecular formula is C20H38N2O4S. The summed E-state index contributed by atoms with van der Waals surface area (Å²) in [6, 6.07) is 0.653. The van der Waals surface area contributed by atoms with E-state index in [1.807, 2.05) is 5.32 Å². The largest absolute Gasteiger partial charge is 0.548 e. The highest BCUT2D eigenvalue weighted by Gasteiger charge is 2.22. The number of aliphatic hydroxyl groups excluding tert-OH is 1. The molecular weight excluding hydrogens is 364 g/mol. The SMILES string of the molecule is C1CCC([NH2+]C2CCCCC2)CC1.[2H]C([2H])([2H])C(=O)NC(CSCCCO)C(=O)[O-]. The van der Waals surface area contributed by atoms with Gasteiger partial charge in [-0.1, -0.05) is 12.8 Å². The molecule has 0 aromatic rings. The van der Waals surface area contributed by atoms with Crippen LogP contribution in [0.3, 0.4) is 0 Å². The smallest absolute Gasteiger partial charge is 0.217 e. The predicted molar refractivity (Wildman–Crippen MR) is 107 cm³/mol. The van der Waals surface area contributed by atoms with E-state index in [0.29, 0.717) is 12.2 Å². The van der Waals surface area contributed by atoms with Crippen LogP contribution in [0.1, 0.15) is 81.6 Å². The van der Waals surface area contributed by atoms with Gasteiger partial charge in [0.2, 0.25) is 5.91 Å². The van der Waals surface area contributed by atoms with E-state index in [1.165, 1.54) is 76.0 Å². The van der Waals surface area contributed by atoms with Gasteiger partial charge in [-0.25, -0.2) is 0 Å². The number of rotatable bonds is 9. The molecule has 2 rings (SSSR count). The molecule has 2 fully saturated rings. The Kier molecular flexibility index (Phi) is 11.0. The summed E-state index contributed by atoms with van der Waals surface area (Å²) in [6.45, 7) is -2.88. The van der Waals surface area contributed by atoms with E-state index in [4.69, 9.17) is 9.22 Å². The number of aliphatic hydroxyl groups is 1. The molecule has 1 atom stereocenters. The molecule has 7 heteroatoms. The maximum atomic E-state index is 11.1. The first-order valence-electron chi connectivity index (χ1n) is 11.8. The van der Waals surface area contributed by atoms with Gasteiger partial charge in [0.1, 0.15) is 0 Å². The second-order valence-electron chi connectivity index (χ2n) is 7.49. The monoisotopic (exact) mass is 405 g/mol. The van der Waals surface area contributed by atoms with Crippen molar-refractivity contribution in [2.24, 2.45) is 0 Å². The zero-order chi connectivity index (χ0) is 22.4. The Bertz CT molecular complexity index is 481. The number of carbonyl (C=O) groups excluding carboxylic acids is 2. The van der Waals surface area contributed by atoms with Crippen LogP contribution >= 0.6 is 11.8 Å². The molecule has 158 valence electrons. The maximum absolute atomic E-state index is 11.1. The van der Waals surface area contributed by atoms with Gasteiger partial charge in [-0.2, -0.15) is 11.8 Å². The van der Waals surface area contributed by atoms with Crippen molar-refractivity contribution >= 4 is 23.6 Å². The van der Waals surface area contributed by atoms with E-state index < -0.39 is 24.8 Å². The Labute approximate surface area is 172 Å². The molecule has 1 amide bonds. The molecule has 0 aliphatic heterocycles. The first kappa shape index (κ1) is 19.5. The van der Waals surface area contributed by atoms with E-state index in [0.717, 1.165) is 12.1 Å². The van der Waals surface area contributed by atoms with Gasteiger partial charge in [0, 0.05) is 23.3 Å². The fraction of sp³-hybridized carbons (Fsp3) is 0.900. The number of quaternary nitrogens is 1. The number of hydrogen-bond acceptors (Lipinski definition) is 5. The first-order valence-corrected chi connectivity index (χ1v) is 11.4. The number of carboxylic acid groups (broad SMARTS) is 1. The van der Waals surface area contributed by atoms with Crippen molar-refractivity contribution in [1.82, 2.24) is 5.32 Å². The third-order valence-corrected chi connectivity index (χ3v) is 6.31. The highest BCUT2D eigenvalue weighted by Crippen LogP contribution is 2.18. The van der Waals surface area contributed by atoms with E-state index in [2.05, 4.69) is 5.32 Å². The minimum atomic E-state index is -2.87. The second-order valence-corrected chi connectivity index (χ2v) is 8.64. The third-order valence-electron chi connectivity index (χ3n) is 5.17. The number of amides is 1. The number of nitrogens with one attached hydrogen (secondary N) is 1. The summed E-state index contributed by atoms with van der Waals surface area (Å²) in [6.07, 6.45) is 15.4. The lowest BCUT2D eigenvalue weighted by molar-refractivity contribution is -0.725. The molecule has 2 saturated carbocycles. The van der Waals surface area contributed by atoms with Gasteiger partial charge in [-0.15, -0.1) is 0 Å². The Balaban J connectivity index is 0.000000308. The van der Waals surface area contributed by atoms with Gasteiger partial charge in [-0.05, 0) is 63.5 Å². The van der Waals surface area contributed by atoms with E-state index in [9.17, 15) is 14.7 Å². The van der Waals surface area contributed by atoms with Crippen molar-refractivity contribution in [2.45, 2.75) is 95.6 Å². The summed E-state index contributed by atoms with van der Waals surface area (Å²) in [5, 5.41) is 23.8. The summed E-state index contributed by atoms with van der Waals surface area (Å²) in [5.41, 5.74) is 0. The number of nitrogens with two attached hydrogens (primary N) is 1. The molecule has 0 aromatic heterocycles. The van der Waals surface area contributed by atoms with Gasteiger partial charge >= 0.3 is 0 Å². The molecule has 0 spiro atoms. The molecule has 0 radical (unpaired) electrons. The van der Waals surface area contributed by atoms with Gasteiger partial charge in [-0.3, -0.25) is 4.79 Å². The van der Waals surface area contributed by atoms with Crippen LogP contribution in [0.15, 0.2) is 0 Å². The molecule has 0 saturated heterocycles. The summed E-state index contributed by atoms with van der Waals surface area (Å²) in [5.74, 6) is -2.32. The number of carboxylic acids is 1. The second kappa shape index (κ2) is 15.2. The summed E-state index contributed by atoms with van der Waals surface area (Å²) in [7, 11) is 0. The van der Waals surface area contributed by atoms with Crippen molar-refractivity contribution < 1.29 is 29.2 Å².